The van der Waals surface area contributed by atoms with Gasteiger partial charge in [0.1, 0.15) is 10.7 Å². The Morgan fingerprint density at radius 3 is 2.32 bits per heavy atom. The van der Waals surface area contributed by atoms with E-state index in [4.69, 9.17) is 28.3 Å². The number of amides is 1. The first-order valence-electron chi connectivity index (χ1n) is 12.9. The summed E-state index contributed by atoms with van der Waals surface area (Å²) in [5.74, 6) is -1.80. The standard InChI is InChI=1S/C30H23Cl2F6N3O3/c31-24-4-2-1-3-21(24)20-9-11-28(32,14-23(20)30(36,37)38)41-16-18-5-7-19(29(33,34)35)13-22(18)17-6-8-25(40-15-17)27(44)39-12-10-26(42)43/h1-9,11,13,15,41H,10,12,14,16H2,(H,39,44)(H,42,43). The second kappa shape index (κ2) is 13.0. The Morgan fingerprint density at radius 2 is 1.70 bits per heavy atom. The Balaban J connectivity index is 1.61. The van der Waals surface area contributed by atoms with Gasteiger partial charge in [0.25, 0.3) is 5.91 Å². The summed E-state index contributed by atoms with van der Waals surface area (Å²) in [6.45, 7) is -0.383. The molecule has 6 nitrogen and oxygen atoms in total. The molecule has 0 saturated heterocycles. The van der Waals surface area contributed by atoms with Crippen LogP contribution in [-0.2, 0) is 17.5 Å². The van der Waals surface area contributed by atoms with E-state index in [-0.39, 0.29) is 58.1 Å². The van der Waals surface area contributed by atoms with Gasteiger partial charge in [0.15, 0.2) is 0 Å². The van der Waals surface area contributed by atoms with E-state index in [2.05, 4.69) is 15.6 Å². The van der Waals surface area contributed by atoms with Gasteiger partial charge in [-0.25, -0.2) is 0 Å². The molecule has 0 aliphatic heterocycles. The molecular weight excluding hydrogens is 635 g/mol. The van der Waals surface area contributed by atoms with Crippen molar-refractivity contribution < 1.29 is 41.0 Å². The van der Waals surface area contributed by atoms with Crippen molar-refractivity contribution in [2.45, 2.75) is 36.7 Å². The van der Waals surface area contributed by atoms with Crippen LogP contribution in [0.1, 0.15) is 40.0 Å². The van der Waals surface area contributed by atoms with E-state index in [9.17, 15) is 35.9 Å². The van der Waals surface area contributed by atoms with Crippen LogP contribution in [0.3, 0.4) is 0 Å². The number of rotatable bonds is 9. The molecule has 2 aromatic carbocycles. The van der Waals surface area contributed by atoms with Gasteiger partial charge in [-0.1, -0.05) is 59.6 Å². The highest BCUT2D eigenvalue weighted by Crippen LogP contribution is 2.44. The summed E-state index contributed by atoms with van der Waals surface area (Å²) in [6.07, 6.45) is -6.74. The fourth-order valence-corrected chi connectivity index (χ4v) is 5.01. The lowest BCUT2D eigenvalue weighted by Gasteiger charge is -2.32. The number of halogens is 8. The van der Waals surface area contributed by atoms with Crippen molar-refractivity contribution in [1.29, 1.82) is 0 Å². The van der Waals surface area contributed by atoms with Gasteiger partial charge >= 0.3 is 18.3 Å². The van der Waals surface area contributed by atoms with Gasteiger partial charge in [-0.3, -0.25) is 19.9 Å². The first-order valence-corrected chi connectivity index (χ1v) is 13.7. The highest BCUT2D eigenvalue weighted by Gasteiger charge is 2.43. The van der Waals surface area contributed by atoms with E-state index < -0.39 is 46.8 Å². The topological polar surface area (TPSA) is 91.3 Å². The summed E-state index contributed by atoms with van der Waals surface area (Å²) in [5.41, 5.74) is -1.46. The quantitative estimate of drug-likeness (QED) is 0.125. The number of hydrogen-bond acceptors (Lipinski definition) is 4. The molecule has 0 saturated carbocycles. The van der Waals surface area contributed by atoms with Crippen LogP contribution < -0.4 is 10.6 Å². The normalized spacial score (nSPS) is 17.1. The highest BCUT2D eigenvalue weighted by atomic mass is 35.5. The van der Waals surface area contributed by atoms with Crippen LogP contribution in [0.2, 0.25) is 5.02 Å². The third-order valence-electron chi connectivity index (χ3n) is 6.72. The Labute approximate surface area is 257 Å². The van der Waals surface area contributed by atoms with Crippen LogP contribution in [-0.4, -0.2) is 39.7 Å². The van der Waals surface area contributed by atoms with Crippen LogP contribution in [0, 0.1) is 0 Å². The molecule has 4 rings (SSSR count). The van der Waals surface area contributed by atoms with Crippen molar-refractivity contribution in [1.82, 2.24) is 15.6 Å². The molecule has 1 aliphatic rings. The lowest BCUT2D eigenvalue weighted by molar-refractivity contribution is -0.138. The average molecular weight is 658 g/mol. The van der Waals surface area contributed by atoms with Crippen molar-refractivity contribution >= 4 is 40.7 Å². The predicted molar refractivity (Wildman–Crippen MR) is 153 cm³/mol. The number of carboxylic acid groups (broad SMARTS) is 1. The molecule has 0 fully saturated rings. The van der Waals surface area contributed by atoms with Crippen LogP contribution >= 0.6 is 23.2 Å². The molecule has 3 N–H and O–H groups in total. The van der Waals surface area contributed by atoms with E-state index >= 15 is 0 Å². The van der Waals surface area contributed by atoms with Crippen LogP contribution in [0.5, 0.6) is 0 Å². The van der Waals surface area contributed by atoms with Gasteiger partial charge in [-0.05, 0) is 47.0 Å². The fourth-order valence-electron chi connectivity index (χ4n) is 4.51. The number of aromatic nitrogens is 1. The lowest BCUT2D eigenvalue weighted by Crippen LogP contribution is -2.41. The van der Waals surface area contributed by atoms with E-state index in [1.165, 1.54) is 48.7 Å². The number of hydrogen-bond donors (Lipinski definition) is 3. The molecule has 1 aliphatic carbocycles. The van der Waals surface area contributed by atoms with Crippen molar-refractivity contribution in [3.05, 3.63) is 106 Å². The molecule has 1 atom stereocenters. The number of carbonyl (C=O) groups is 2. The molecule has 1 heterocycles. The molecule has 44 heavy (non-hydrogen) atoms. The maximum atomic E-state index is 14.2. The Morgan fingerprint density at radius 1 is 0.977 bits per heavy atom. The number of nitrogens with one attached hydrogen (secondary N) is 2. The zero-order valence-electron chi connectivity index (χ0n) is 22.5. The Hall–Kier alpha value is -3.87. The molecule has 0 bridgehead atoms. The van der Waals surface area contributed by atoms with Crippen molar-refractivity contribution in [3.8, 4) is 11.1 Å². The number of pyridine rings is 1. The summed E-state index contributed by atoms with van der Waals surface area (Å²) in [4.78, 5) is 25.1. The van der Waals surface area contributed by atoms with Gasteiger partial charge in [0.05, 0.1) is 12.0 Å². The summed E-state index contributed by atoms with van der Waals surface area (Å²) in [5, 5.41) is 14.0. The number of benzene rings is 2. The predicted octanol–water partition coefficient (Wildman–Crippen LogP) is 7.63. The first-order chi connectivity index (χ1) is 20.6. The molecular formula is C30H23Cl2F6N3O3. The maximum absolute atomic E-state index is 14.2. The molecule has 0 radical (unpaired) electrons. The van der Waals surface area contributed by atoms with Gasteiger partial charge in [0, 0.05) is 47.4 Å². The molecule has 1 aromatic heterocycles. The smallest absolute Gasteiger partial charge is 0.416 e. The monoisotopic (exact) mass is 657 g/mol. The number of carboxylic acids is 1. The van der Waals surface area contributed by atoms with E-state index in [1.807, 2.05) is 0 Å². The largest absolute Gasteiger partial charge is 0.481 e. The molecule has 3 aromatic rings. The molecule has 1 unspecified atom stereocenters. The number of aliphatic carboxylic acids is 1. The summed E-state index contributed by atoms with van der Waals surface area (Å²) >= 11 is 12.8. The third-order valence-corrected chi connectivity index (χ3v) is 7.44. The Kier molecular flexibility index (Phi) is 9.77. The fraction of sp³-hybridized carbons (Fsp3) is 0.233. The third kappa shape index (κ3) is 7.99. The van der Waals surface area contributed by atoms with E-state index in [1.54, 1.807) is 12.1 Å². The van der Waals surface area contributed by atoms with Gasteiger partial charge < -0.3 is 10.4 Å². The first kappa shape index (κ1) is 33.0. The second-order valence-corrected chi connectivity index (χ2v) is 10.9. The SMILES string of the molecule is O=C(O)CCNC(=O)c1ccc(-c2cc(C(F)(F)F)ccc2CNC2(Cl)C=CC(c3ccccc3Cl)=C(C(F)(F)F)C2)cn1. The number of nitrogens with zero attached hydrogens (tertiary/aromatic N) is 1. The van der Waals surface area contributed by atoms with Crippen molar-refractivity contribution in [2.75, 3.05) is 6.54 Å². The molecule has 232 valence electrons. The van der Waals surface area contributed by atoms with E-state index in [0.29, 0.717) is 0 Å². The summed E-state index contributed by atoms with van der Waals surface area (Å²) in [7, 11) is 0. The minimum atomic E-state index is -4.76. The Bertz CT molecular complexity index is 1620. The maximum Gasteiger partial charge on any atom is 0.416 e. The lowest BCUT2D eigenvalue weighted by atomic mass is 9.88. The van der Waals surface area contributed by atoms with Crippen molar-refractivity contribution in [2.24, 2.45) is 0 Å². The zero-order chi connectivity index (χ0) is 32.3. The zero-order valence-corrected chi connectivity index (χ0v) is 24.0. The van der Waals surface area contributed by atoms with Gasteiger partial charge in [-0.2, -0.15) is 26.3 Å². The number of carbonyl (C=O) groups excluding carboxylic acids is 1. The number of alkyl halides is 7. The second-order valence-electron chi connectivity index (χ2n) is 9.80. The van der Waals surface area contributed by atoms with Crippen LogP contribution in [0.25, 0.3) is 16.7 Å². The minimum absolute atomic E-state index is 0.0565. The van der Waals surface area contributed by atoms with Crippen LogP contribution in [0.4, 0.5) is 26.3 Å². The van der Waals surface area contributed by atoms with E-state index in [0.717, 1.165) is 12.1 Å². The molecule has 1 amide bonds. The molecule has 14 heteroatoms. The minimum Gasteiger partial charge on any atom is -0.481 e. The molecule has 0 spiro atoms. The average Bonchev–Trinajstić information content (AvgIpc) is 2.95. The summed E-state index contributed by atoms with van der Waals surface area (Å²) in [6, 6.07) is 11.6. The summed E-state index contributed by atoms with van der Waals surface area (Å²) < 4.78 is 83.2. The van der Waals surface area contributed by atoms with Crippen molar-refractivity contribution in [3.63, 3.8) is 0 Å². The van der Waals surface area contributed by atoms with Gasteiger partial charge in [-0.15, -0.1) is 0 Å². The van der Waals surface area contributed by atoms with Crippen LogP contribution in [0.15, 0.2) is 78.5 Å². The highest BCUT2D eigenvalue weighted by molar-refractivity contribution is 6.32. The van der Waals surface area contributed by atoms with Gasteiger partial charge in [0.2, 0.25) is 0 Å². The number of allylic oxidation sites excluding steroid dienone is 2.